The maximum Gasteiger partial charge on any atom is 0.384 e. The molecule has 1 aromatic rings. The second-order valence-electron chi connectivity index (χ2n) is 2.80. The molecule has 0 spiro atoms. The molecule has 0 saturated heterocycles. The van der Waals surface area contributed by atoms with Crippen molar-refractivity contribution in [2.75, 3.05) is 7.11 Å². The maximum absolute atomic E-state index is 12.9. The van der Waals surface area contributed by atoms with Crippen LogP contribution >= 0.6 is 0 Å². The fourth-order valence-corrected chi connectivity index (χ4v) is 0.928. The zero-order valence-electron chi connectivity index (χ0n) is 8.11. The second kappa shape index (κ2) is 4.21. The van der Waals surface area contributed by atoms with Crippen molar-refractivity contribution >= 4 is 11.9 Å². The Hall–Kier alpha value is -2.05. The number of carboxylic acid groups (broad SMARTS) is 1. The SMILES string of the molecule is COC(=O)c1ccc(C(F)(F)C(=O)O)nc1. The molecular formula is C9H7F2NO4. The number of hydrogen-bond acceptors (Lipinski definition) is 4. The van der Waals surface area contributed by atoms with Gasteiger partial charge in [0.1, 0.15) is 5.69 Å². The van der Waals surface area contributed by atoms with Crippen molar-refractivity contribution in [2.45, 2.75) is 5.92 Å². The fraction of sp³-hybridized carbons (Fsp3) is 0.222. The van der Waals surface area contributed by atoms with Gasteiger partial charge in [0, 0.05) is 6.20 Å². The summed E-state index contributed by atoms with van der Waals surface area (Å²) in [6.45, 7) is 0. The molecule has 0 aliphatic rings. The van der Waals surface area contributed by atoms with Gasteiger partial charge < -0.3 is 9.84 Å². The van der Waals surface area contributed by atoms with Crippen LogP contribution in [0.25, 0.3) is 0 Å². The van der Waals surface area contributed by atoms with E-state index in [-0.39, 0.29) is 5.56 Å². The lowest BCUT2D eigenvalue weighted by atomic mass is 10.2. The highest BCUT2D eigenvalue weighted by Crippen LogP contribution is 2.26. The topological polar surface area (TPSA) is 76.5 Å². The van der Waals surface area contributed by atoms with Crippen LogP contribution in [-0.4, -0.2) is 29.1 Å². The lowest BCUT2D eigenvalue weighted by molar-refractivity contribution is -0.166. The number of pyridine rings is 1. The average molecular weight is 231 g/mol. The van der Waals surface area contributed by atoms with E-state index in [9.17, 15) is 18.4 Å². The van der Waals surface area contributed by atoms with E-state index < -0.39 is 23.6 Å². The van der Waals surface area contributed by atoms with E-state index in [0.717, 1.165) is 25.4 Å². The summed E-state index contributed by atoms with van der Waals surface area (Å²) in [5.41, 5.74) is -0.972. The Morgan fingerprint density at radius 2 is 2.06 bits per heavy atom. The van der Waals surface area contributed by atoms with Gasteiger partial charge in [-0.05, 0) is 12.1 Å². The summed E-state index contributed by atoms with van der Waals surface area (Å²) in [5, 5.41) is 8.24. The molecule has 0 bridgehead atoms. The first-order valence-corrected chi connectivity index (χ1v) is 4.05. The van der Waals surface area contributed by atoms with Crippen LogP contribution in [-0.2, 0) is 15.5 Å². The van der Waals surface area contributed by atoms with Crippen LogP contribution in [0.4, 0.5) is 8.78 Å². The van der Waals surface area contributed by atoms with E-state index in [1.165, 1.54) is 0 Å². The highest BCUT2D eigenvalue weighted by atomic mass is 19.3. The normalized spacial score (nSPS) is 10.9. The molecule has 0 unspecified atom stereocenters. The molecule has 5 nitrogen and oxygen atoms in total. The number of carboxylic acids is 1. The average Bonchev–Trinajstić information content (AvgIpc) is 2.28. The molecule has 0 fully saturated rings. The lowest BCUT2D eigenvalue weighted by Crippen LogP contribution is -2.26. The first-order valence-electron chi connectivity index (χ1n) is 4.05. The molecule has 16 heavy (non-hydrogen) atoms. The molecule has 0 radical (unpaired) electrons. The number of nitrogens with zero attached hydrogens (tertiary/aromatic N) is 1. The minimum Gasteiger partial charge on any atom is -0.476 e. The van der Waals surface area contributed by atoms with Crippen LogP contribution in [0.15, 0.2) is 18.3 Å². The molecule has 1 aromatic heterocycles. The Bertz CT molecular complexity index is 416. The van der Waals surface area contributed by atoms with Crippen molar-refractivity contribution in [1.82, 2.24) is 4.98 Å². The molecule has 0 atom stereocenters. The molecule has 1 rings (SSSR count). The van der Waals surface area contributed by atoms with Gasteiger partial charge in [-0.15, -0.1) is 0 Å². The molecule has 0 saturated carbocycles. The highest BCUT2D eigenvalue weighted by Gasteiger charge is 2.42. The Balaban J connectivity index is 3.04. The van der Waals surface area contributed by atoms with E-state index in [0.29, 0.717) is 0 Å². The van der Waals surface area contributed by atoms with Crippen LogP contribution in [0, 0.1) is 0 Å². The Morgan fingerprint density at radius 1 is 1.44 bits per heavy atom. The molecule has 0 aliphatic heterocycles. The molecule has 0 aromatic carbocycles. The number of alkyl halides is 2. The number of hydrogen-bond donors (Lipinski definition) is 1. The van der Waals surface area contributed by atoms with E-state index in [2.05, 4.69) is 9.72 Å². The number of aliphatic carboxylic acids is 1. The minimum atomic E-state index is -4.07. The summed E-state index contributed by atoms with van der Waals surface area (Å²) in [4.78, 5) is 24.4. The summed E-state index contributed by atoms with van der Waals surface area (Å²) >= 11 is 0. The summed E-state index contributed by atoms with van der Waals surface area (Å²) in [7, 11) is 1.13. The van der Waals surface area contributed by atoms with Crippen molar-refractivity contribution in [2.24, 2.45) is 0 Å². The van der Waals surface area contributed by atoms with Gasteiger partial charge in [-0.2, -0.15) is 8.78 Å². The first-order chi connectivity index (χ1) is 7.39. The second-order valence-corrected chi connectivity index (χ2v) is 2.80. The minimum absolute atomic E-state index is 0.0348. The van der Waals surface area contributed by atoms with Gasteiger partial charge in [0.25, 0.3) is 0 Å². The van der Waals surface area contributed by atoms with Crippen LogP contribution < -0.4 is 0 Å². The molecule has 0 amide bonds. The number of halogens is 2. The van der Waals surface area contributed by atoms with Crippen LogP contribution in [0.1, 0.15) is 16.1 Å². The first kappa shape index (κ1) is 12.0. The van der Waals surface area contributed by atoms with Crippen molar-refractivity contribution in [3.05, 3.63) is 29.6 Å². The zero-order valence-corrected chi connectivity index (χ0v) is 8.11. The quantitative estimate of drug-likeness (QED) is 0.786. The smallest absolute Gasteiger partial charge is 0.384 e. The maximum atomic E-state index is 12.9. The zero-order chi connectivity index (χ0) is 12.3. The molecular weight excluding hydrogens is 224 g/mol. The Kier molecular flexibility index (Phi) is 3.17. The number of carbonyl (C=O) groups is 2. The Labute approximate surface area is 88.7 Å². The summed E-state index contributed by atoms with van der Waals surface area (Å²) < 4.78 is 30.2. The molecule has 0 aliphatic carbocycles. The fourth-order valence-electron chi connectivity index (χ4n) is 0.928. The largest absolute Gasteiger partial charge is 0.476 e. The predicted molar refractivity (Wildman–Crippen MR) is 47.1 cm³/mol. The third-order valence-electron chi connectivity index (χ3n) is 1.77. The monoisotopic (exact) mass is 231 g/mol. The van der Waals surface area contributed by atoms with E-state index in [4.69, 9.17) is 5.11 Å². The Morgan fingerprint density at radius 3 is 2.44 bits per heavy atom. The van der Waals surface area contributed by atoms with Gasteiger partial charge >= 0.3 is 17.9 Å². The van der Waals surface area contributed by atoms with Gasteiger partial charge in [0.05, 0.1) is 12.7 Å². The van der Waals surface area contributed by atoms with Crippen LogP contribution in [0.3, 0.4) is 0 Å². The van der Waals surface area contributed by atoms with Crippen molar-refractivity contribution in [1.29, 1.82) is 0 Å². The number of aromatic nitrogens is 1. The van der Waals surface area contributed by atoms with Crippen LogP contribution in [0.5, 0.6) is 0 Å². The van der Waals surface area contributed by atoms with Gasteiger partial charge in [-0.25, -0.2) is 9.59 Å². The van der Waals surface area contributed by atoms with Gasteiger partial charge in [0.2, 0.25) is 0 Å². The third-order valence-corrected chi connectivity index (χ3v) is 1.77. The third kappa shape index (κ3) is 2.13. The standard InChI is InChI=1S/C9H7F2NO4/c1-16-7(13)5-2-3-6(12-4-5)9(10,11)8(14)15/h2-4H,1H3,(H,14,15). The number of rotatable bonds is 3. The van der Waals surface area contributed by atoms with Gasteiger partial charge in [-0.1, -0.05) is 0 Å². The summed E-state index contributed by atoms with van der Waals surface area (Å²) in [6, 6.07) is 1.78. The number of methoxy groups -OCH3 is 1. The molecule has 1 N–H and O–H groups in total. The number of carbonyl (C=O) groups excluding carboxylic acids is 1. The number of esters is 1. The van der Waals surface area contributed by atoms with Crippen molar-refractivity contribution in [3.8, 4) is 0 Å². The summed E-state index contributed by atoms with van der Waals surface area (Å²) in [5.74, 6) is -7.11. The van der Waals surface area contributed by atoms with E-state index >= 15 is 0 Å². The molecule has 86 valence electrons. The van der Waals surface area contributed by atoms with E-state index in [1.54, 1.807) is 0 Å². The lowest BCUT2D eigenvalue weighted by Gasteiger charge is -2.10. The van der Waals surface area contributed by atoms with Crippen molar-refractivity contribution < 1.29 is 28.2 Å². The predicted octanol–water partition coefficient (Wildman–Crippen LogP) is 1.04. The molecule has 7 heteroatoms. The van der Waals surface area contributed by atoms with Crippen LogP contribution in [0.2, 0.25) is 0 Å². The van der Waals surface area contributed by atoms with Gasteiger partial charge in [-0.3, -0.25) is 4.98 Å². The summed E-state index contributed by atoms with van der Waals surface area (Å²) in [6.07, 6.45) is 0.831. The van der Waals surface area contributed by atoms with E-state index in [1.807, 2.05) is 0 Å². The highest BCUT2D eigenvalue weighted by molar-refractivity contribution is 5.89. The molecule has 1 heterocycles. The number of ether oxygens (including phenoxy) is 1. The van der Waals surface area contributed by atoms with Crippen molar-refractivity contribution in [3.63, 3.8) is 0 Å². The van der Waals surface area contributed by atoms with Gasteiger partial charge in [0.15, 0.2) is 0 Å².